The molecule has 2 aromatic rings. The lowest BCUT2D eigenvalue weighted by Crippen LogP contribution is -1.80. The third-order valence-corrected chi connectivity index (χ3v) is 2.82. The third-order valence-electron chi connectivity index (χ3n) is 2.05. The number of aldehydes is 1. The average molecular weight is 266 g/mol. The fourth-order valence-corrected chi connectivity index (χ4v) is 1.80. The van der Waals surface area contributed by atoms with Gasteiger partial charge in [0.1, 0.15) is 0 Å². The minimum absolute atomic E-state index is 0.284. The first-order valence-electron chi connectivity index (χ1n) is 4.40. The van der Waals surface area contributed by atoms with Gasteiger partial charge in [-0.2, -0.15) is 0 Å². The molecular formula is C11H8BrNO2. The van der Waals surface area contributed by atoms with Gasteiger partial charge in [0.05, 0.1) is 4.47 Å². The number of aryl methyl sites for hydroxylation is 1. The maximum atomic E-state index is 10.6. The van der Waals surface area contributed by atoms with Crippen molar-refractivity contribution >= 4 is 22.2 Å². The summed E-state index contributed by atoms with van der Waals surface area (Å²) in [7, 11) is 0. The van der Waals surface area contributed by atoms with Gasteiger partial charge in [-0.3, -0.25) is 4.79 Å². The second-order valence-electron chi connectivity index (χ2n) is 3.20. The Hall–Kier alpha value is -1.42. The van der Waals surface area contributed by atoms with Gasteiger partial charge in [0, 0.05) is 5.56 Å². The van der Waals surface area contributed by atoms with Crippen LogP contribution in [-0.2, 0) is 0 Å². The smallest absolute Gasteiger partial charge is 0.181 e. The van der Waals surface area contributed by atoms with Gasteiger partial charge < -0.3 is 4.52 Å². The van der Waals surface area contributed by atoms with Crippen LogP contribution in [0.3, 0.4) is 0 Å². The molecule has 0 aliphatic rings. The molecule has 76 valence electrons. The molecule has 3 nitrogen and oxygen atoms in total. The number of rotatable bonds is 2. The highest BCUT2D eigenvalue weighted by Gasteiger charge is 2.14. The molecule has 0 radical (unpaired) electrons. The zero-order valence-corrected chi connectivity index (χ0v) is 9.61. The molecule has 1 aromatic heterocycles. The van der Waals surface area contributed by atoms with Gasteiger partial charge in [-0.15, -0.1) is 0 Å². The van der Waals surface area contributed by atoms with Crippen LogP contribution in [0, 0.1) is 6.92 Å². The highest BCUT2D eigenvalue weighted by Crippen LogP contribution is 2.30. The molecule has 0 aliphatic carbocycles. The lowest BCUT2D eigenvalue weighted by molar-refractivity contribution is 0.111. The predicted octanol–water partition coefficient (Wildman–Crippen LogP) is 3.23. The summed E-state index contributed by atoms with van der Waals surface area (Å²) in [5.74, 6) is 0.584. The maximum Gasteiger partial charge on any atom is 0.181 e. The van der Waals surface area contributed by atoms with Crippen molar-refractivity contribution in [1.29, 1.82) is 0 Å². The minimum atomic E-state index is 0.284. The van der Waals surface area contributed by atoms with Crippen molar-refractivity contribution in [2.24, 2.45) is 0 Å². The number of aromatic nitrogens is 1. The number of halogens is 1. The van der Waals surface area contributed by atoms with Crippen LogP contribution < -0.4 is 0 Å². The quantitative estimate of drug-likeness (QED) is 0.784. The lowest BCUT2D eigenvalue weighted by atomic mass is 10.1. The molecule has 0 unspecified atom stereocenters. The summed E-state index contributed by atoms with van der Waals surface area (Å²) in [6.45, 7) is 1.99. The van der Waals surface area contributed by atoms with E-state index in [1.165, 1.54) is 0 Å². The Morgan fingerprint density at radius 2 is 2.27 bits per heavy atom. The van der Waals surface area contributed by atoms with Crippen molar-refractivity contribution in [2.75, 3.05) is 0 Å². The monoisotopic (exact) mass is 265 g/mol. The molecule has 0 saturated heterocycles. The van der Waals surface area contributed by atoms with Crippen LogP contribution in [0.2, 0.25) is 0 Å². The second kappa shape index (κ2) is 3.98. The SMILES string of the molecule is Cc1cccc(-c2onc(C=O)c2Br)c1. The largest absolute Gasteiger partial charge is 0.354 e. The molecule has 1 heterocycles. The zero-order valence-electron chi connectivity index (χ0n) is 8.03. The van der Waals surface area contributed by atoms with Crippen LogP contribution >= 0.6 is 15.9 Å². The number of hydrogen-bond donors (Lipinski definition) is 0. The molecule has 0 atom stereocenters. The third kappa shape index (κ3) is 1.85. The Morgan fingerprint density at radius 1 is 1.47 bits per heavy atom. The first-order chi connectivity index (χ1) is 7.22. The Labute approximate surface area is 95.2 Å². The van der Waals surface area contributed by atoms with Crippen LogP contribution in [0.5, 0.6) is 0 Å². The molecule has 0 spiro atoms. The second-order valence-corrected chi connectivity index (χ2v) is 3.99. The van der Waals surface area contributed by atoms with Gasteiger partial charge in [-0.25, -0.2) is 0 Å². The van der Waals surface area contributed by atoms with Crippen LogP contribution in [0.1, 0.15) is 16.1 Å². The fraction of sp³-hybridized carbons (Fsp3) is 0.0909. The highest BCUT2D eigenvalue weighted by molar-refractivity contribution is 9.10. The number of carbonyl (C=O) groups is 1. The van der Waals surface area contributed by atoms with Crippen LogP contribution in [0.15, 0.2) is 33.3 Å². The summed E-state index contributed by atoms with van der Waals surface area (Å²) in [6, 6.07) is 7.81. The summed E-state index contributed by atoms with van der Waals surface area (Å²) < 4.78 is 5.70. The Kier molecular flexibility index (Phi) is 2.68. The Bertz CT molecular complexity index is 505. The van der Waals surface area contributed by atoms with Crippen molar-refractivity contribution in [2.45, 2.75) is 6.92 Å². The number of carbonyl (C=O) groups excluding carboxylic acids is 1. The molecule has 1 aromatic carbocycles. The van der Waals surface area contributed by atoms with Crippen LogP contribution in [0.25, 0.3) is 11.3 Å². The van der Waals surface area contributed by atoms with E-state index in [2.05, 4.69) is 21.1 Å². The summed E-state index contributed by atoms with van der Waals surface area (Å²) in [4.78, 5) is 10.6. The van der Waals surface area contributed by atoms with Gasteiger partial charge in [-0.1, -0.05) is 28.9 Å². The van der Waals surface area contributed by atoms with E-state index in [0.29, 0.717) is 16.5 Å². The van der Waals surface area contributed by atoms with Gasteiger partial charge in [0.2, 0.25) is 0 Å². The first-order valence-corrected chi connectivity index (χ1v) is 5.19. The molecular weight excluding hydrogens is 258 g/mol. The molecule has 0 aliphatic heterocycles. The molecule has 0 saturated carbocycles. The van der Waals surface area contributed by atoms with E-state index in [1.807, 2.05) is 31.2 Å². The number of hydrogen-bond acceptors (Lipinski definition) is 3. The summed E-state index contributed by atoms with van der Waals surface area (Å²) in [5, 5.41) is 3.65. The molecule has 4 heteroatoms. The van der Waals surface area contributed by atoms with Crippen molar-refractivity contribution in [3.8, 4) is 11.3 Å². The van der Waals surface area contributed by atoms with Crippen molar-refractivity contribution < 1.29 is 9.32 Å². The standard InChI is InChI=1S/C11H8BrNO2/c1-7-3-2-4-8(5-7)11-10(12)9(6-14)13-15-11/h2-6H,1H3. The Balaban J connectivity index is 2.54. The molecule has 0 N–H and O–H groups in total. The Morgan fingerprint density at radius 3 is 2.87 bits per heavy atom. The summed E-state index contributed by atoms with van der Waals surface area (Å²) in [5.41, 5.74) is 2.32. The molecule has 15 heavy (non-hydrogen) atoms. The number of benzene rings is 1. The zero-order chi connectivity index (χ0) is 10.8. The number of nitrogens with zero attached hydrogens (tertiary/aromatic N) is 1. The van der Waals surface area contributed by atoms with E-state index < -0.39 is 0 Å². The van der Waals surface area contributed by atoms with E-state index in [0.717, 1.165) is 11.1 Å². The van der Waals surface area contributed by atoms with Gasteiger partial charge in [0.15, 0.2) is 17.7 Å². The molecule has 2 rings (SSSR count). The van der Waals surface area contributed by atoms with E-state index in [1.54, 1.807) is 0 Å². The van der Waals surface area contributed by atoms with Crippen LogP contribution in [-0.4, -0.2) is 11.4 Å². The van der Waals surface area contributed by atoms with Gasteiger partial charge >= 0.3 is 0 Å². The summed E-state index contributed by atoms with van der Waals surface area (Å²) in [6.07, 6.45) is 0.660. The summed E-state index contributed by atoms with van der Waals surface area (Å²) >= 11 is 3.29. The lowest BCUT2D eigenvalue weighted by Gasteiger charge is -1.97. The van der Waals surface area contributed by atoms with E-state index in [9.17, 15) is 4.79 Å². The predicted molar refractivity (Wildman–Crippen MR) is 59.8 cm³/mol. The minimum Gasteiger partial charge on any atom is -0.354 e. The van der Waals surface area contributed by atoms with Crippen molar-refractivity contribution in [1.82, 2.24) is 5.16 Å². The normalized spacial score (nSPS) is 10.3. The van der Waals surface area contributed by atoms with E-state index in [4.69, 9.17) is 4.52 Å². The fourth-order valence-electron chi connectivity index (χ4n) is 1.33. The topological polar surface area (TPSA) is 43.1 Å². The molecule has 0 fully saturated rings. The average Bonchev–Trinajstić information content (AvgIpc) is 2.59. The van der Waals surface area contributed by atoms with E-state index in [-0.39, 0.29) is 5.69 Å². The van der Waals surface area contributed by atoms with Gasteiger partial charge in [0.25, 0.3) is 0 Å². The molecule has 0 amide bonds. The highest BCUT2D eigenvalue weighted by atomic mass is 79.9. The van der Waals surface area contributed by atoms with Crippen LogP contribution in [0.4, 0.5) is 0 Å². The first kappa shape index (κ1) is 10.1. The van der Waals surface area contributed by atoms with Crippen molar-refractivity contribution in [3.05, 3.63) is 40.0 Å². The maximum absolute atomic E-state index is 10.6. The van der Waals surface area contributed by atoms with E-state index >= 15 is 0 Å². The van der Waals surface area contributed by atoms with Crippen molar-refractivity contribution in [3.63, 3.8) is 0 Å². The van der Waals surface area contributed by atoms with Gasteiger partial charge in [-0.05, 0) is 28.9 Å². The molecule has 0 bridgehead atoms.